The van der Waals surface area contributed by atoms with Crippen molar-refractivity contribution >= 4 is 11.8 Å². The lowest BCUT2D eigenvalue weighted by Gasteiger charge is -2.04. The summed E-state index contributed by atoms with van der Waals surface area (Å²) in [7, 11) is 0. The van der Waals surface area contributed by atoms with Crippen LogP contribution in [-0.4, -0.2) is 27.9 Å². The van der Waals surface area contributed by atoms with Crippen molar-refractivity contribution in [2.45, 2.75) is 19.0 Å². The number of hydrogen-bond acceptors (Lipinski definition) is 5. The van der Waals surface area contributed by atoms with Gasteiger partial charge < -0.3 is 9.84 Å². The Balaban J connectivity index is 2.07. The second-order valence-electron chi connectivity index (χ2n) is 2.71. The predicted octanol–water partition coefficient (Wildman–Crippen LogP) is 1.72. The lowest BCUT2D eigenvalue weighted by molar-refractivity contribution is -0.0327. The summed E-state index contributed by atoms with van der Waals surface area (Å²) in [5.41, 5.74) is -4.16. The Labute approximate surface area is 88.6 Å². The van der Waals surface area contributed by atoms with Crippen LogP contribution in [0.1, 0.15) is 11.7 Å². The van der Waals surface area contributed by atoms with E-state index in [1.807, 2.05) is 0 Å². The second kappa shape index (κ2) is 5.36. The molecule has 0 radical (unpaired) electrons. The molecule has 1 aromatic rings. The first-order valence-corrected chi connectivity index (χ1v) is 5.16. The molecule has 1 rings (SSSR count). The van der Waals surface area contributed by atoms with Gasteiger partial charge in [-0.15, -0.1) is 0 Å². The Bertz CT molecular complexity index is 302. The van der Waals surface area contributed by atoms with E-state index in [1.165, 1.54) is 0 Å². The van der Waals surface area contributed by atoms with Crippen molar-refractivity contribution in [1.29, 1.82) is 0 Å². The minimum absolute atomic E-state index is 0.0311. The van der Waals surface area contributed by atoms with Crippen molar-refractivity contribution in [2.24, 2.45) is 0 Å². The topological polar surface area (TPSA) is 51.0 Å². The average molecular weight is 241 g/mol. The summed E-state index contributed by atoms with van der Waals surface area (Å²) in [6.07, 6.45) is 0. The summed E-state index contributed by atoms with van der Waals surface area (Å²) in [6.45, 7) is 2.21. The van der Waals surface area contributed by atoms with E-state index in [4.69, 9.17) is 4.52 Å². The van der Waals surface area contributed by atoms with E-state index < -0.39 is 5.51 Å². The number of aromatic nitrogens is 2. The van der Waals surface area contributed by atoms with Gasteiger partial charge in [-0.2, -0.15) is 18.2 Å². The third-order valence-electron chi connectivity index (χ3n) is 1.39. The van der Waals surface area contributed by atoms with E-state index in [2.05, 4.69) is 15.5 Å². The summed E-state index contributed by atoms with van der Waals surface area (Å²) in [4.78, 5) is 3.89. The van der Waals surface area contributed by atoms with Crippen LogP contribution in [0.3, 0.4) is 0 Å². The molecular weight excluding hydrogens is 231 g/mol. The van der Waals surface area contributed by atoms with Crippen LogP contribution in [0.4, 0.5) is 13.2 Å². The summed E-state index contributed by atoms with van der Waals surface area (Å²) >= 11 is -0.0552. The van der Waals surface area contributed by atoms with Gasteiger partial charge in [-0.05, 0) is 18.7 Å². The molecule has 0 fully saturated rings. The Morgan fingerprint density at radius 1 is 1.47 bits per heavy atom. The van der Waals surface area contributed by atoms with Gasteiger partial charge in [-0.1, -0.05) is 5.16 Å². The number of rotatable bonds is 5. The number of nitrogens with one attached hydrogen (secondary N) is 1. The van der Waals surface area contributed by atoms with Crippen LogP contribution in [-0.2, 0) is 6.54 Å². The van der Waals surface area contributed by atoms with E-state index in [-0.39, 0.29) is 24.1 Å². The summed E-state index contributed by atoms with van der Waals surface area (Å²) in [6, 6.07) is 0. The van der Waals surface area contributed by atoms with Crippen LogP contribution in [0.2, 0.25) is 0 Å². The fourth-order valence-electron chi connectivity index (χ4n) is 0.846. The summed E-state index contributed by atoms with van der Waals surface area (Å²) in [5, 5.41) is 6.31. The number of halogens is 3. The van der Waals surface area contributed by atoms with Gasteiger partial charge >= 0.3 is 5.51 Å². The van der Waals surface area contributed by atoms with E-state index in [1.54, 1.807) is 6.92 Å². The molecule has 1 aromatic heterocycles. The number of alkyl halides is 3. The first-order chi connectivity index (χ1) is 6.97. The quantitative estimate of drug-likeness (QED) is 0.795. The molecule has 0 saturated carbocycles. The highest BCUT2D eigenvalue weighted by Crippen LogP contribution is 2.29. The Morgan fingerprint density at radius 3 is 2.73 bits per heavy atom. The largest absolute Gasteiger partial charge is 0.441 e. The highest BCUT2D eigenvalue weighted by atomic mass is 32.2. The molecule has 0 spiro atoms. The van der Waals surface area contributed by atoms with Crippen molar-refractivity contribution in [1.82, 2.24) is 15.5 Å². The maximum absolute atomic E-state index is 11.7. The molecule has 1 N–H and O–H groups in total. The second-order valence-corrected chi connectivity index (χ2v) is 3.87. The normalized spacial score (nSPS) is 12.0. The molecule has 0 amide bonds. The van der Waals surface area contributed by atoms with Crippen molar-refractivity contribution < 1.29 is 17.7 Å². The molecule has 0 saturated heterocycles. The third kappa shape index (κ3) is 5.63. The molecule has 0 aliphatic rings. The maximum atomic E-state index is 11.7. The molecule has 86 valence electrons. The van der Waals surface area contributed by atoms with Crippen LogP contribution in [0.5, 0.6) is 0 Å². The van der Waals surface area contributed by atoms with Crippen molar-refractivity contribution in [2.75, 3.05) is 12.3 Å². The standard InChI is InChI=1S/C7H10F3N3OS/c1-5-12-6(14-13-5)4-11-2-3-15-7(8,9)10/h11H,2-4H2,1H3. The molecule has 1 heterocycles. The molecule has 0 aliphatic heterocycles. The van der Waals surface area contributed by atoms with E-state index >= 15 is 0 Å². The Morgan fingerprint density at radius 2 is 2.20 bits per heavy atom. The number of hydrogen-bond donors (Lipinski definition) is 1. The van der Waals surface area contributed by atoms with Gasteiger partial charge in [-0.3, -0.25) is 0 Å². The molecule has 0 aromatic carbocycles. The number of aryl methyl sites for hydroxylation is 1. The first-order valence-electron chi connectivity index (χ1n) is 4.18. The van der Waals surface area contributed by atoms with Gasteiger partial charge in [0, 0.05) is 12.3 Å². The van der Waals surface area contributed by atoms with Crippen molar-refractivity contribution in [3.8, 4) is 0 Å². The van der Waals surface area contributed by atoms with Crippen LogP contribution in [0.25, 0.3) is 0 Å². The minimum atomic E-state index is -4.16. The predicted molar refractivity (Wildman–Crippen MR) is 49.3 cm³/mol. The average Bonchev–Trinajstić information content (AvgIpc) is 2.49. The SMILES string of the molecule is Cc1noc(CNCCSC(F)(F)F)n1. The van der Waals surface area contributed by atoms with Gasteiger partial charge in [0.25, 0.3) is 0 Å². The third-order valence-corrected chi connectivity index (χ3v) is 2.13. The van der Waals surface area contributed by atoms with Crippen LogP contribution < -0.4 is 5.32 Å². The maximum Gasteiger partial charge on any atom is 0.441 e. The van der Waals surface area contributed by atoms with E-state index in [0.29, 0.717) is 18.3 Å². The van der Waals surface area contributed by atoms with Gasteiger partial charge in [0.05, 0.1) is 6.54 Å². The smallest absolute Gasteiger partial charge is 0.338 e. The Kier molecular flexibility index (Phi) is 4.40. The van der Waals surface area contributed by atoms with Gasteiger partial charge in [0.15, 0.2) is 5.82 Å². The fourth-order valence-corrected chi connectivity index (χ4v) is 1.32. The molecule has 0 unspecified atom stereocenters. The minimum Gasteiger partial charge on any atom is -0.338 e. The lowest BCUT2D eigenvalue weighted by atomic mass is 10.6. The summed E-state index contributed by atoms with van der Waals surface area (Å²) in [5.74, 6) is 0.859. The molecule has 0 aliphatic carbocycles. The van der Waals surface area contributed by atoms with Gasteiger partial charge in [0.2, 0.25) is 5.89 Å². The van der Waals surface area contributed by atoms with Crippen LogP contribution >= 0.6 is 11.8 Å². The lowest BCUT2D eigenvalue weighted by Crippen LogP contribution is -2.18. The van der Waals surface area contributed by atoms with Crippen LogP contribution in [0.15, 0.2) is 4.52 Å². The zero-order chi connectivity index (χ0) is 11.3. The van der Waals surface area contributed by atoms with Gasteiger partial charge in [0.1, 0.15) is 0 Å². The molecule has 4 nitrogen and oxygen atoms in total. The zero-order valence-corrected chi connectivity index (χ0v) is 8.78. The Hall–Kier alpha value is -0.760. The molecule has 0 bridgehead atoms. The van der Waals surface area contributed by atoms with Crippen molar-refractivity contribution in [3.63, 3.8) is 0 Å². The summed E-state index contributed by atoms with van der Waals surface area (Å²) < 4.78 is 39.9. The highest BCUT2D eigenvalue weighted by molar-refractivity contribution is 8.00. The van der Waals surface area contributed by atoms with E-state index in [0.717, 1.165) is 0 Å². The highest BCUT2D eigenvalue weighted by Gasteiger charge is 2.27. The molecule has 0 atom stereocenters. The van der Waals surface area contributed by atoms with Crippen molar-refractivity contribution in [3.05, 3.63) is 11.7 Å². The zero-order valence-electron chi connectivity index (χ0n) is 7.97. The number of nitrogens with zero attached hydrogens (tertiary/aromatic N) is 2. The fraction of sp³-hybridized carbons (Fsp3) is 0.714. The number of thioether (sulfide) groups is 1. The first kappa shape index (κ1) is 12.3. The van der Waals surface area contributed by atoms with Crippen LogP contribution in [0, 0.1) is 6.92 Å². The monoisotopic (exact) mass is 241 g/mol. The molecular formula is C7H10F3N3OS. The molecule has 15 heavy (non-hydrogen) atoms. The molecule has 8 heteroatoms. The van der Waals surface area contributed by atoms with Gasteiger partial charge in [-0.25, -0.2) is 0 Å². The van der Waals surface area contributed by atoms with E-state index in [9.17, 15) is 13.2 Å².